The van der Waals surface area contributed by atoms with E-state index in [2.05, 4.69) is 20.6 Å². The summed E-state index contributed by atoms with van der Waals surface area (Å²) in [5.74, 6) is -0.531. The number of nitrogens with one attached hydrogen (secondary N) is 2. The minimum Gasteiger partial charge on any atom is -0.340 e. The molecule has 0 bridgehead atoms. The van der Waals surface area contributed by atoms with Gasteiger partial charge in [-0.15, -0.1) is 0 Å². The molecule has 1 amide bonds. The summed E-state index contributed by atoms with van der Waals surface area (Å²) in [6, 6.07) is 15.9. The van der Waals surface area contributed by atoms with Crippen LogP contribution in [-0.4, -0.2) is 15.9 Å². The lowest BCUT2D eigenvalue weighted by molar-refractivity contribution is 0.102. The van der Waals surface area contributed by atoms with E-state index in [1.54, 1.807) is 30.3 Å². The molecule has 122 valence electrons. The van der Waals surface area contributed by atoms with Gasteiger partial charge in [0.2, 0.25) is 0 Å². The molecule has 0 aliphatic heterocycles. The lowest BCUT2D eigenvalue weighted by Gasteiger charge is -2.08. The van der Waals surface area contributed by atoms with Gasteiger partial charge in [-0.2, -0.15) is 5.26 Å². The number of nitriles is 1. The predicted octanol–water partition coefficient (Wildman–Crippen LogP) is 3.48. The first-order valence-corrected chi connectivity index (χ1v) is 7.30. The number of nitrogens with zero attached hydrogens (tertiary/aromatic N) is 3. The summed E-state index contributed by atoms with van der Waals surface area (Å²) in [7, 11) is 0. The fourth-order valence-corrected chi connectivity index (χ4v) is 2.13. The smallest absolute Gasteiger partial charge is 0.274 e. The molecular weight excluding hydrogens is 321 g/mol. The quantitative estimate of drug-likeness (QED) is 0.763. The molecule has 0 spiro atoms. The molecule has 1 heterocycles. The Morgan fingerprint density at radius 1 is 1.04 bits per heavy atom. The maximum absolute atomic E-state index is 13.2. The Morgan fingerprint density at radius 3 is 2.64 bits per heavy atom. The first-order chi connectivity index (χ1) is 12.1. The molecule has 0 radical (unpaired) electrons. The number of aromatic nitrogens is 2. The number of amides is 1. The average Bonchev–Trinajstić information content (AvgIpc) is 2.62. The molecule has 0 fully saturated rings. The molecular formula is C18H12FN5O. The molecule has 0 atom stereocenters. The number of carbonyl (C=O) groups is 1. The summed E-state index contributed by atoms with van der Waals surface area (Å²) in [6.07, 6.45) is 1.25. The van der Waals surface area contributed by atoms with Gasteiger partial charge in [0.05, 0.1) is 11.6 Å². The zero-order valence-corrected chi connectivity index (χ0v) is 12.9. The highest BCUT2D eigenvalue weighted by molar-refractivity contribution is 6.03. The monoisotopic (exact) mass is 333 g/mol. The van der Waals surface area contributed by atoms with Crippen molar-refractivity contribution in [1.82, 2.24) is 9.97 Å². The van der Waals surface area contributed by atoms with Gasteiger partial charge in [0.15, 0.2) is 0 Å². The molecule has 25 heavy (non-hydrogen) atoms. The topological polar surface area (TPSA) is 90.7 Å². The van der Waals surface area contributed by atoms with Crippen molar-refractivity contribution >= 4 is 23.1 Å². The van der Waals surface area contributed by atoms with Crippen LogP contribution in [0.15, 0.2) is 60.9 Å². The van der Waals surface area contributed by atoms with Crippen LogP contribution in [-0.2, 0) is 0 Å². The second kappa shape index (κ2) is 7.19. The maximum Gasteiger partial charge on any atom is 0.274 e. The number of anilines is 3. The van der Waals surface area contributed by atoms with Gasteiger partial charge in [-0.25, -0.2) is 14.4 Å². The second-order valence-electron chi connectivity index (χ2n) is 5.07. The summed E-state index contributed by atoms with van der Waals surface area (Å²) >= 11 is 0. The van der Waals surface area contributed by atoms with Gasteiger partial charge in [0, 0.05) is 17.4 Å². The molecule has 1 aromatic heterocycles. The number of hydrogen-bond acceptors (Lipinski definition) is 5. The fourth-order valence-electron chi connectivity index (χ4n) is 2.13. The Balaban J connectivity index is 1.76. The van der Waals surface area contributed by atoms with E-state index >= 15 is 0 Å². The second-order valence-corrected chi connectivity index (χ2v) is 5.07. The molecule has 6 nitrogen and oxygen atoms in total. The Hall–Kier alpha value is -3.79. The summed E-state index contributed by atoms with van der Waals surface area (Å²) in [4.78, 5) is 20.2. The van der Waals surface area contributed by atoms with Crippen LogP contribution in [0.1, 0.15) is 16.1 Å². The number of carbonyl (C=O) groups excluding carboxylic acids is 1. The third-order valence-electron chi connectivity index (χ3n) is 3.25. The van der Waals surface area contributed by atoms with E-state index < -0.39 is 11.7 Å². The van der Waals surface area contributed by atoms with Crippen molar-refractivity contribution in [2.24, 2.45) is 0 Å². The fraction of sp³-hybridized carbons (Fsp3) is 0. The summed E-state index contributed by atoms with van der Waals surface area (Å²) in [5, 5.41) is 14.5. The van der Waals surface area contributed by atoms with Gasteiger partial charge >= 0.3 is 0 Å². The summed E-state index contributed by atoms with van der Waals surface area (Å²) < 4.78 is 13.2. The van der Waals surface area contributed by atoms with Gasteiger partial charge in [-0.3, -0.25) is 4.79 Å². The highest BCUT2D eigenvalue weighted by Crippen LogP contribution is 2.17. The highest BCUT2D eigenvalue weighted by Gasteiger charge is 2.10. The molecule has 0 aliphatic rings. The standard InChI is InChI=1S/C18H12FN5O/c19-13-4-2-6-15(8-13)24-18(25)16-9-17(22-11-21-16)23-14-5-1-3-12(7-14)10-20/h1-9,11H,(H,24,25)(H,21,22,23). The first kappa shape index (κ1) is 16.1. The lowest BCUT2D eigenvalue weighted by Crippen LogP contribution is -2.14. The SMILES string of the molecule is N#Cc1cccc(Nc2cc(C(=O)Nc3cccc(F)c3)ncn2)c1. The van der Waals surface area contributed by atoms with Crippen molar-refractivity contribution in [3.8, 4) is 6.07 Å². The van der Waals surface area contributed by atoms with Crippen LogP contribution in [0.25, 0.3) is 0 Å². The highest BCUT2D eigenvalue weighted by atomic mass is 19.1. The largest absolute Gasteiger partial charge is 0.340 e. The van der Waals surface area contributed by atoms with Crippen LogP contribution >= 0.6 is 0 Å². The molecule has 7 heteroatoms. The number of hydrogen-bond donors (Lipinski definition) is 2. The molecule has 0 saturated heterocycles. The molecule has 2 aromatic carbocycles. The van der Waals surface area contributed by atoms with Crippen molar-refractivity contribution < 1.29 is 9.18 Å². The number of benzene rings is 2. The van der Waals surface area contributed by atoms with Crippen molar-refractivity contribution in [3.05, 3.63) is 78.0 Å². The van der Waals surface area contributed by atoms with Crippen LogP contribution in [0.5, 0.6) is 0 Å². The molecule has 3 aromatic rings. The minimum atomic E-state index is -0.484. The average molecular weight is 333 g/mol. The third kappa shape index (κ3) is 4.14. The van der Waals surface area contributed by atoms with E-state index in [1.165, 1.54) is 30.6 Å². The molecule has 0 saturated carbocycles. The van der Waals surface area contributed by atoms with Crippen LogP contribution in [0.4, 0.5) is 21.6 Å². The van der Waals surface area contributed by atoms with Crippen molar-refractivity contribution in [2.75, 3.05) is 10.6 Å². The van der Waals surface area contributed by atoms with Crippen LogP contribution in [0.3, 0.4) is 0 Å². The Bertz CT molecular complexity index is 967. The van der Waals surface area contributed by atoms with E-state index in [4.69, 9.17) is 5.26 Å². The Morgan fingerprint density at radius 2 is 1.84 bits per heavy atom. The van der Waals surface area contributed by atoms with Crippen LogP contribution < -0.4 is 10.6 Å². The Labute approximate surface area is 143 Å². The maximum atomic E-state index is 13.2. The van der Waals surface area contributed by atoms with Gasteiger partial charge in [0.25, 0.3) is 5.91 Å². The third-order valence-corrected chi connectivity index (χ3v) is 3.25. The number of halogens is 1. The zero-order valence-electron chi connectivity index (χ0n) is 12.9. The van der Waals surface area contributed by atoms with Crippen LogP contribution in [0, 0.1) is 17.1 Å². The van der Waals surface area contributed by atoms with Crippen LogP contribution in [0.2, 0.25) is 0 Å². The predicted molar refractivity (Wildman–Crippen MR) is 90.8 cm³/mol. The van der Waals surface area contributed by atoms with Crippen molar-refractivity contribution in [2.45, 2.75) is 0 Å². The van der Waals surface area contributed by atoms with E-state index in [9.17, 15) is 9.18 Å². The molecule has 3 rings (SSSR count). The molecule has 2 N–H and O–H groups in total. The Kier molecular flexibility index (Phi) is 4.62. The van der Waals surface area contributed by atoms with Gasteiger partial charge in [0.1, 0.15) is 23.7 Å². The van der Waals surface area contributed by atoms with Gasteiger partial charge < -0.3 is 10.6 Å². The molecule has 0 unspecified atom stereocenters. The van der Waals surface area contributed by atoms with E-state index in [0.717, 1.165) is 0 Å². The van der Waals surface area contributed by atoms with E-state index in [1.807, 2.05) is 6.07 Å². The first-order valence-electron chi connectivity index (χ1n) is 7.30. The lowest BCUT2D eigenvalue weighted by atomic mass is 10.2. The molecule has 0 aliphatic carbocycles. The van der Waals surface area contributed by atoms with Gasteiger partial charge in [-0.05, 0) is 36.4 Å². The van der Waals surface area contributed by atoms with Crippen molar-refractivity contribution in [1.29, 1.82) is 5.26 Å². The summed E-state index contributed by atoms with van der Waals surface area (Å²) in [5.41, 5.74) is 1.62. The minimum absolute atomic E-state index is 0.123. The van der Waals surface area contributed by atoms with Gasteiger partial charge in [-0.1, -0.05) is 12.1 Å². The van der Waals surface area contributed by atoms with E-state index in [-0.39, 0.29) is 5.69 Å². The zero-order chi connectivity index (χ0) is 17.6. The number of rotatable bonds is 4. The van der Waals surface area contributed by atoms with Crippen molar-refractivity contribution in [3.63, 3.8) is 0 Å². The van der Waals surface area contributed by atoms with E-state index in [0.29, 0.717) is 22.8 Å². The normalized spacial score (nSPS) is 9.92. The summed E-state index contributed by atoms with van der Waals surface area (Å²) in [6.45, 7) is 0.